The molecule has 0 spiro atoms. The van der Waals surface area contributed by atoms with Gasteiger partial charge in [0, 0.05) is 25.2 Å². The zero-order valence-electron chi connectivity index (χ0n) is 13.0. The van der Waals surface area contributed by atoms with Gasteiger partial charge in [0.15, 0.2) is 0 Å². The molecule has 0 saturated carbocycles. The van der Waals surface area contributed by atoms with E-state index in [9.17, 15) is 8.42 Å². The molecule has 2 aromatic rings. The summed E-state index contributed by atoms with van der Waals surface area (Å²) in [6, 6.07) is 10.0. The largest absolute Gasteiger partial charge is 0.346 e. The first-order chi connectivity index (χ1) is 11.0. The van der Waals surface area contributed by atoms with Gasteiger partial charge in [-0.25, -0.2) is 13.1 Å². The number of hydrogen-bond donors (Lipinski definition) is 1. The Kier molecular flexibility index (Phi) is 4.93. The van der Waals surface area contributed by atoms with Crippen molar-refractivity contribution in [3.8, 4) is 10.6 Å². The van der Waals surface area contributed by atoms with Crippen molar-refractivity contribution in [3.05, 3.63) is 30.3 Å². The fraction of sp³-hybridized carbons (Fsp3) is 0.467. The first-order valence-electron chi connectivity index (χ1n) is 7.60. The topological polar surface area (TPSA) is 75.2 Å². The van der Waals surface area contributed by atoms with Crippen molar-refractivity contribution < 1.29 is 8.42 Å². The van der Waals surface area contributed by atoms with Crippen molar-refractivity contribution in [1.29, 1.82) is 0 Å². The highest BCUT2D eigenvalue weighted by Gasteiger charge is 2.23. The molecule has 1 aliphatic heterocycles. The number of benzene rings is 1. The van der Waals surface area contributed by atoms with Crippen LogP contribution in [0.15, 0.2) is 30.3 Å². The van der Waals surface area contributed by atoms with E-state index in [0.717, 1.165) is 41.6 Å². The van der Waals surface area contributed by atoms with Gasteiger partial charge in [0.2, 0.25) is 15.2 Å². The summed E-state index contributed by atoms with van der Waals surface area (Å²) in [7, 11) is -3.13. The molecule has 1 saturated heterocycles. The first kappa shape index (κ1) is 16.4. The normalized spacial score (nSPS) is 19.0. The molecule has 1 unspecified atom stereocenters. The molecule has 1 aliphatic rings. The van der Waals surface area contributed by atoms with E-state index in [-0.39, 0.29) is 0 Å². The number of sulfonamides is 1. The Morgan fingerprint density at radius 2 is 2.09 bits per heavy atom. The van der Waals surface area contributed by atoms with E-state index in [1.54, 1.807) is 11.3 Å². The summed E-state index contributed by atoms with van der Waals surface area (Å²) in [5, 5.41) is 10.4. The lowest BCUT2D eigenvalue weighted by atomic mass is 9.99. The molecule has 1 aromatic heterocycles. The summed E-state index contributed by atoms with van der Waals surface area (Å²) in [4.78, 5) is 2.21. The highest BCUT2D eigenvalue weighted by Crippen LogP contribution is 2.30. The molecular formula is C15H20N4O2S2. The van der Waals surface area contributed by atoms with Crippen LogP contribution in [0.4, 0.5) is 5.13 Å². The second-order valence-corrected chi connectivity index (χ2v) is 8.62. The third-order valence-electron chi connectivity index (χ3n) is 3.86. The van der Waals surface area contributed by atoms with E-state index in [2.05, 4.69) is 19.8 Å². The molecule has 0 amide bonds. The van der Waals surface area contributed by atoms with Crippen LogP contribution in [0.25, 0.3) is 10.6 Å². The molecule has 2 heterocycles. The number of nitrogens with one attached hydrogen (secondary N) is 1. The number of hydrogen-bond acceptors (Lipinski definition) is 6. The summed E-state index contributed by atoms with van der Waals surface area (Å²) in [5.74, 6) is 0.308. The van der Waals surface area contributed by atoms with Crippen LogP contribution >= 0.6 is 11.3 Å². The predicted octanol–water partition coefficient (Wildman–Crippen LogP) is 1.97. The summed E-state index contributed by atoms with van der Waals surface area (Å²) < 4.78 is 25.1. The minimum Gasteiger partial charge on any atom is -0.346 e. The molecule has 124 valence electrons. The Labute approximate surface area is 140 Å². The van der Waals surface area contributed by atoms with Crippen LogP contribution in [0.5, 0.6) is 0 Å². The number of anilines is 1. The maximum Gasteiger partial charge on any atom is 0.208 e. The van der Waals surface area contributed by atoms with Gasteiger partial charge >= 0.3 is 0 Å². The van der Waals surface area contributed by atoms with Gasteiger partial charge in [0.1, 0.15) is 5.01 Å². The van der Waals surface area contributed by atoms with E-state index in [4.69, 9.17) is 0 Å². The minimum atomic E-state index is -3.13. The molecule has 1 atom stereocenters. The number of piperidine rings is 1. The van der Waals surface area contributed by atoms with Crippen molar-refractivity contribution >= 4 is 26.5 Å². The lowest BCUT2D eigenvalue weighted by Crippen LogP contribution is -2.40. The van der Waals surface area contributed by atoms with Crippen LogP contribution < -0.4 is 9.62 Å². The van der Waals surface area contributed by atoms with Gasteiger partial charge in [-0.15, -0.1) is 10.2 Å². The van der Waals surface area contributed by atoms with E-state index in [0.29, 0.717) is 12.5 Å². The van der Waals surface area contributed by atoms with Crippen LogP contribution in [0.1, 0.15) is 12.8 Å². The summed E-state index contributed by atoms with van der Waals surface area (Å²) in [6.45, 7) is 2.24. The van der Waals surface area contributed by atoms with Crippen LogP contribution in [-0.2, 0) is 10.0 Å². The average molecular weight is 352 g/mol. The number of nitrogens with zero attached hydrogens (tertiary/aromatic N) is 3. The molecule has 0 radical (unpaired) electrons. The summed E-state index contributed by atoms with van der Waals surface area (Å²) >= 11 is 1.58. The number of rotatable bonds is 5. The van der Waals surface area contributed by atoms with Crippen LogP contribution in [-0.4, -0.2) is 44.5 Å². The Morgan fingerprint density at radius 3 is 2.83 bits per heavy atom. The van der Waals surface area contributed by atoms with Crippen LogP contribution in [0.3, 0.4) is 0 Å². The van der Waals surface area contributed by atoms with E-state index < -0.39 is 10.0 Å². The molecular weight excluding hydrogens is 332 g/mol. The van der Waals surface area contributed by atoms with Crippen molar-refractivity contribution in [1.82, 2.24) is 14.9 Å². The number of aromatic nitrogens is 2. The highest BCUT2D eigenvalue weighted by molar-refractivity contribution is 7.88. The summed E-state index contributed by atoms with van der Waals surface area (Å²) in [5.41, 5.74) is 1.07. The van der Waals surface area contributed by atoms with Gasteiger partial charge in [-0.05, 0) is 18.8 Å². The Balaban J connectivity index is 1.66. The smallest absolute Gasteiger partial charge is 0.208 e. The third kappa shape index (κ3) is 4.49. The van der Waals surface area contributed by atoms with Crippen molar-refractivity contribution in [2.24, 2.45) is 5.92 Å². The molecule has 23 heavy (non-hydrogen) atoms. The zero-order chi connectivity index (χ0) is 16.3. The van der Waals surface area contributed by atoms with Gasteiger partial charge in [-0.1, -0.05) is 41.7 Å². The maximum absolute atomic E-state index is 11.2. The second kappa shape index (κ2) is 6.94. The fourth-order valence-corrected chi connectivity index (χ4v) is 4.14. The Bertz CT molecular complexity index is 746. The maximum atomic E-state index is 11.2. The Hall–Kier alpha value is -1.51. The van der Waals surface area contributed by atoms with Crippen LogP contribution in [0, 0.1) is 5.92 Å². The standard InChI is InChI=1S/C15H20N4O2S2/c1-23(20,21)16-10-12-6-5-9-19(11-12)15-18-17-14(22-15)13-7-3-2-4-8-13/h2-4,7-8,12,16H,5-6,9-11H2,1H3. The zero-order valence-corrected chi connectivity index (χ0v) is 14.6. The lowest BCUT2D eigenvalue weighted by Gasteiger charge is -2.32. The van der Waals surface area contributed by atoms with Gasteiger partial charge < -0.3 is 4.90 Å². The third-order valence-corrected chi connectivity index (χ3v) is 5.58. The fourth-order valence-electron chi connectivity index (χ4n) is 2.72. The quantitative estimate of drug-likeness (QED) is 0.890. The lowest BCUT2D eigenvalue weighted by molar-refractivity contribution is 0.410. The average Bonchev–Trinajstić information content (AvgIpc) is 3.03. The first-order valence-corrected chi connectivity index (χ1v) is 10.3. The molecule has 8 heteroatoms. The van der Waals surface area contributed by atoms with Gasteiger partial charge in [-0.2, -0.15) is 0 Å². The molecule has 1 aromatic carbocycles. The van der Waals surface area contributed by atoms with Gasteiger partial charge in [0.05, 0.1) is 6.26 Å². The molecule has 1 N–H and O–H groups in total. The summed E-state index contributed by atoms with van der Waals surface area (Å²) in [6.07, 6.45) is 3.27. The van der Waals surface area contributed by atoms with E-state index >= 15 is 0 Å². The van der Waals surface area contributed by atoms with Crippen LogP contribution in [0.2, 0.25) is 0 Å². The predicted molar refractivity (Wildman–Crippen MR) is 93.1 cm³/mol. The van der Waals surface area contributed by atoms with Crippen molar-refractivity contribution in [2.45, 2.75) is 12.8 Å². The second-order valence-electron chi connectivity index (χ2n) is 5.83. The SMILES string of the molecule is CS(=O)(=O)NCC1CCCN(c2nnc(-c3ccccc3)s2)C1. The van der Waals surface area contributed by atoms with Crippen molar-refractivity contribution in [2.75, 3.05) is 30.8 Å². The highest BCUT2D eigenvalue weighted by atomic mass is 32.2. The molecule has 3 rings (SSSR count). The molecule has 6 nitrogen and oxygen atoms in total. The van der Waals surface area contributed by atoms with Crippen molar-refractivity contribution in [3.63, 3.8) is 0 Å². The van der Waals surface area contributed by atoms with Gasteiger partial charge in [0.25, 0.3) is 0 Å². The molecule has 0 bridgehead atoms. The minimum absolute atomic E-state index is 0.308. The molecule has 0 aliphatic carbocycles. The monoisotopic (exact) mass is 352 g/mol. The van der Waals surface area contributed by atoms with E-state index in [1.807, 2.05) is 30.3 Å². The van der Waals surface area contributed by atoms with E-state index in [1.165, 1.54) is 6.26 Å². The van der Waals surface area contributed by atoms with Gasteiger partial charge in [-0.3, -0.25) is 0 Å². The molecule has 1 fully saturated rings. The Morgan fingerprint density at radius 1 is 1.30 bits per heavy atom.